The van der Waals surface area contributed by atoms with Crippen molar-refractivity contribution >= 4 is 10.0 Å². The van der Waals surface area contributed by atoms with Gasteiger partial charge in [0.1, 0.15) is 5.82 Å². The van der Waals surface area contributed by atoms with Gasteiger partial charge in [-0.15, -0.1) is 0 Å². The highest BCUT2D eigenvalue weighted by atomic mass is 32.2. The molecule has 0 aliphatic heterocycles. The Morgan fingerprint density at radius 1 is 1.30 bits per heavy atom. The van der Waals surface area contributed by atoms with Crippen LogP contribution in [0.3, 0.4) is 0 Å². The van der Waals surface area contributed by atoms with Crippen LogP contribution in [0, 0.1) is 6.92 Å². The Morgan fingerprint density at radius 3 is 2.65 bits per heavy atom. The molecule has 2 aromatic rings. The summed E-state index contributed by atoms with van der Waals surface area (Å²) in [6.45, 7) is 6.33. The maximum atomic E-state index is 12.1. The van der Waals surface area contributed by atoms with Crippen LogP contribution >= 0.6 is 0 Å². The van der Waals surface area contributed by atoms with E-state index in [1.54, 1.807) is 4.68 Å². The van der Waals surface area contributed by atoms with Crippen molar-refractivity contribution < 1.29 is 8.42 Å². The Kier molecular flexibility index (Phi) is 5.54. The predicted molar refractivity (Wildman–Crippen MR) is 90.6 cm³/mol. The van der Waals surface area contributed by atoms with Gasteiger partial charge in [-0.1, -0.05) is 43.7 Å². The van der Waals surface area contributed by atoms with Gasteiger partial charge >= 0.3 is 0 Å². The molecule has 1 heterocycles. The van der Waals surface area contributed by atoms with Gasteiger partial charge in [0.2, 0.25) is 10.0 Å². The molecule has 0 saturated carbocycles. The van der Waals surface area contributed by atoms with Crippen LogP contribution in [-0.2, 0) is 29.2 Å². The zero-order chi connectivity index (χ0) is 17.0. The van der Waals surface area contributed by atoms with E-state index in [0.29, 0.717) is 13.0 Å². The summed E-state index contributed by atoms with van der Waals surface area (Å²) < 4.78 is 28.6. The largest absolute Gasteiger partial charge is 0.253 e. The highest BCUT2D eigenvalue weighted by Gasteiger charge is 2.13. The second-order valence-corrected chi connectivity index (χ2v) is 7.86. The highest BCUT2D eigenvalue weighted by molar-refractivity contribution is 7.88. The van der Waals surface area contributed by atoms with Gasteiger partial charge in [0.05, 0.1) is 5.75 Å². The summed E-state index contributed by atoms with van der Waals surface area (Å²) in [5.41, 5.74) is 1.84. The molecule has 1 aromatic heterocycles. The molecule has 0 atom stereocenters. The Bertz CT molecular complexity index is 766. The molecule has 0 unspecified atom stereocenters. The van der Waals surface area contributed by atoms with Crippen LogP contribution in [-0.4, -0.2) is 29.7 Å². The fraction of sp³-hybridized carbons (Fsp3) is 0.500. The van der Waals surface area contributed by atoms with E-state index >= 15 is 0 Å². The molecule has 0 saturated heterocycles. The average Bonchev–Trinajstić information content (AvgIpc) is 2.80. The van der Waals surface area contributed by atoms with Crippen molar-refractivity contribution in [3.63, 3.8) is 0 Å². The first-order chi connectivity index (χ1) is 10.8. The van der Waals surface area contributed by atoms with Crippen molar-refractivity contribution in [2.24, 2.45) is 7.05 Å². The number of hydrogen-bond acceptors (Lipinski definition) is 4. The molecule has 126 valence electrons. The second kappa shape index (κ2) is 7.23. The summed E-state index contributed by atoms with van der Waals surface area (Å²) in [6.07, 6.45) is 0.517. The summed E-state index contributed by atoms with van der Waals surface area (Å²) in [5, 5.41) is 4.33. The Morgan fingerprint density at radius 2 is 2.04 bits per heavy atom. The maximum Gasteiger partial charge on any atom is 0.215 e. The summed E-state index contributed by atoms with van der Waals surface area (Å²) in [4.78, 5) is 4.44. The second-order valence-electron chi connectivity index (χ2n) is 6.06. The number of rotatable bonds is 7. The quantitative estimate of drug-likeness (QED) is 0.838. The Hall–Kier alpha value is -1.73. The first kappa shape index (κ1) is 17.6. The van der Waals surface area contributed by atoms with Gasteiger partial charge < -0.3 is 0 Å². The minimum absolute atomic E-state index is 0.00919. The molecule has 0 spiro atoms. The van der Waals surface area contributed by atoms with Crippen molar-refractivity contribution in [1.82, 2.24) is 19.5 Å². The van der Waals surface area contributed by atoms with Crippen molar-refractivity contribution in [2.45, 2.75) is 38.9 Å². The first-order valence-electron chi connectivity index (χ1n) is 7.69. The van der Waals surface area contributed by atoms with E-state index in [1.807, 2.05) is 52.1 Å². The normalized spacial score (nSPS) is 12.0. The molecule has 1 aromatic carbocycles. The third kappa shape index (κ3) is 5.14. The number of aromatic nitrogens is 3. The maximum absolute atomic E-state index is 12.1. The van der Waals surface area contributed by atoms with Gasteiger partial charge in [-0.05, 0) is 12.5 Å². The van der Waals surface area contributed by atoms with E-state index in [9.17, 15) is 8.42 Å². The molecular formula is C16H24N4O2S. The van der Waals surface area contributed by atoms with E-state index in [1.165, 1.54) is 0 Å². The van der Waals surface area contributed by atoms with Gasteiger partial charge in [0.15, 0.2) is 5.82 Å². The molecule has 0 aliphatic carbocycles. The van der Waals surface area contributed by atoms with Crippen LogP contribution in [0.25, 0.3) is 0 Å². The van der Waals surface area contributed by atoms with Gasteiger partial charge in [0.25, 0.3) is 0 Å². The minimum Gasteiger partial charge on any atom is -0.253 e. The van der Waals surface area contributed by atoms with Gasteiger partial charge in [-0.25, -0.2) is 18.1 Å². The standard InChI is InChI=1S/C16H24N4O2S/c1-12(2)16-18-15(20(4)19-16)8-9-17-23(21,22)11-14-7-5-6-13(3)10-14/h5-7,10,12,17H,8-9,11H2,1-4H3. The number of nitrogens with one attached hydrogen (secondary N) is 1. The lowest BCUT2D eigenvalue weighted by atomic mass is 10.2. The molecule has 0 radical (unpaired) electrons. The van der Waals surface area contributed by atoms with Crippen molar-refractivity contribution in [1.29, 1.82) is 0 Å². The van der Waals surface area contributed by atoms with Gasteiger partial charge in [0, 0.05) is 25.9 Å². The number of aryl methyl sites for hydroxylation is 2. The monoisotopic (exact) mass is 336 g/mol. The fourth-order valence-corrected chi connectivity index (χ4v) is 3.42. The summed E-state index contributed by atoms with van der Waals surface area (Å²) in [7, 11) is -1.52. The summed E-state index contributed by atoms with van der Waals surface area (Å²) in [5.74, 6) is 1.81. The lowest BCUT2D eigenvalue weighted by Gasteiger charge is -2.07. The number of sulfonamides is 1. The topological polar surface area (TPSA) is 76.9 Å². The third-order valence-electron chi connectivity index (χ3n) is 3.50. The molecule has 2 rings (SSSR count). The zero-order valence-corrected chi connectivity index (χ0v) is 14.9. The van der Waals surface area contributed by atoms with E-state index in [2.05, 4.69) is 14.8 Å². The van der Waals surface area contributed by atoms with Crippen molar-refractivity contribution in [2.75, 3.05) is 6.54 Å². The number of benzene rings is 1. The van der Waals surface area contributed by atoms with Crippen LogP contribution in [0.1, 0.15) is 42.5 Å². The molecular weight excluding hydrogens is 312 g/mol. The van der Waals surface area contributed by atoms with Crippen LogP contribution in [0.5, 0.6) is 0 Å². The van der Waals surface area contributed by atoms with E-state index in [0.717, 1.165) is 22.8 Å². The van der Waals surface area contributed by atoms with Crippen LogP contribution in [0.2, 0.25) is 0 Å². The summed E-state index contributed by atoms with van der Waals surface area (Å²) >= 11 is 0. The SMILES string of the molecule is Cc1cccc(CS(=O)(=O)NCCc2nc(C(C)C)nn2C)c1. The third-order valence-corrected chi connectivity index (χ3v) is 4.85. The van der Waals surface area contributed by atoms with Crippen LogP contribution in [0.4, 0.5) is 0 Å². The molecule has 1 N–H and O–H groups in total. The van der Waals surface area contributed by atoms with Crippen molar-refractivity contribution in [3.05, 3.63) is 47.0 Å². The van der Waals surface area contributed by atoms with Gasteiger partial charge in [-0.3, -0.25) is 4.68 Å². The Labute approximate surface area is 138 Å². The van der Waals surface area contributed by atoms with Crippen molar-refractivity contribution in [3.8, 4) is 0 Å². The van der Waals surface area contributed by atoms with E-state index in [4.69, 9.17) is 0 Å². The summed E-state index contributed by atoms with van der Waals surface area (Å²) in [6, 6.07) is 7.53. The average molecular weight is 336 g/mol. The predicted octanol–water partition coefficient (Wildman–Crippen LogP) is 1.91. The van der Waals surface area contributed by atoms with Gasteiger partial charge in [-0.2, -0.15) is 5.10 Å². The smallest absolute Gasteiger partial charge is 0.215 e. The Balaban J connectivity index is 1.92. The molecule has 6 nitrogen and oxygen atoms in total. The van der Waals surface area contributed by atoms with E-state index in [-0.39, 0.29) is 11.7 Å². The van der Waals surface area contributed by atoms with Crippen LogP contribution in [0.15, 0.2) is 24.3 Å². The molecule has 23 heavy (non-hydrogen) atoms. The molecule has 0 amide bonds. The molecule has 7 heteroatoms. The number of hydrogen-bond donors (Lipinski definition) is 1. The molecule has 0 aliphatic rings. The highest BCUT2D eigenvalue weighted by Crippen LogP contribution is 2.10. The fourth-order valence-electron chi connectivity index (χ4n) is 2.29. The van der Waals surface area contributed by atoms with Crippen LogP contribution < -0.4 is 4.72 Å². The first-order valence-corrected chi connectivity index (χ1v) is 9.35. The minimum atomic E-state index is -3.35. The molecule has 0 bridgehead atoms. The lowest BCUT2D eigenvalue weighted by Crippen LogP contribution is -2.28. The van der Waals surface area contributed by atoms with E-state index < -0.39 is 10.0 Å². The zero-order valence-electron chi connectivity index (χ0n) is 14.1. The molecule has 0 fully saturated rings. The lowest BCUT2D eigenvalue weighted by molar-refractivity contribution is 0.578. The number of nitrogens with zero attached hydrogens (tertiary/aromatic N) is 3.